The van der Waals surface area contributed by atoms with Gasteiger partial charge in [0.2, 0.25) is 0 Å². The van der Waals surface area contributed by atoms with E-state index < -0.39 is 5.60 Å². The Kier molecular flexibility index (Phi) is 3.14. The third-order valence-electron chi connectivity index (χ3n) is 2.91. The Labute approximate surface area is 108 Å². The minimum absolute atomic E-state index is 0.0177. The van der Waals surface area contributed by atoms with Crippen LogP contribution in [0, 0.1) is 0 Å². The lowest BCUT2D eigenvalue weighted by atomic mass is 9.77. The van der Waals surface area contributed by atoms with Crippen molar-refractivity contribution in [3.8, 4) is 5.75 Å². The summed E-state index contributed by atoms with van der Waals surface area (Å²) in [7, 11) is 0. The molecule has 1 saturated carbocycles. The molecule has 17 heavy (non-hydrogen) atoms. The van der Waals surface area contributed by atoms with E-state index in [4.69, 9.17) is 0 Å². The summed E-state index contributed by atoms with van der Waals surface area (Å²) in [5.41, 5.74) is -0.428. The first-order chi connectivity index (χ1) is 7.87. The number of benzene rings is 1. The molecule has 4 nitrogen and oxygen atoms in total. The second-order valence-electron chi connectivity index (χ2n) is 4.74. The van der Waals surface area contributed by atoms with Crippen LogP contribution in [0.15, 0.2) is 22.7 Å². The van der Waals surface area contributed by atoms with Crippen LogP contribution in [0.5, 0.6) is 5.75 Å². The number of hydrogen-bond donors (Lipinski definition) is 3. The lowest BCUT2D eigenvalue weighted by molar-refractivity contribution is -0.0367. The largest absolute Gasteiger partial charge is 0.507 e. The Morgan fingerprint density at radius 1 is 1.53 bits per heavy atom. The molecule has 3 N–H and O–H groups in total. The van der Waals surface area contributed by atoms with E-state index in [1.165, 1.54) is 6.07 Å². The number of hydrogen-bond acceptors (Lipinski definition) is 3. The van der Waals surface area contributed by atoms with Gasteiger partial charge in [0.1, 0.15) is 5.75 Å². The summed E-state index contributed by atoms with van der Waals surface area (Å²) in [6, 6.07) is 4.69. The number of rotatable bonds is 2. The van der Waals surface area contributed by atoms with E-state index in [9.17, 15) is 15.0 Å². The van der Waals surface area contributed by atoms with Crippen molar-refractivity contribution in [1.82, 2.24) is 5.32 Å². The maximum Gasteiger partial charge on any atom is 0.255 e. The molecular formula is C12H14BrNO3. The van der Waals surface area contributed by atoms with Gasteiger partial charge < -0.3 is 15.5 Å². The van der Waals surface area contributed by atoms with Crippen LogP contribution in [0.25, 0.3) is 0 Å². The Morgan fingerprint density at radius 3 is 2.76 bits per heavy atom. The summed E-state index contributed by atoms with van der Waals surface area (Å²) in [5, 5.41) is 21.9. The zero-order valence-electron chi connectivity index (χ0n) is 9.40. The van der Waals surface area contributed by atoms with Gasteiger partial charge in [-0.1, -0.05) is 15.9 Å². The van der Waals surface area contributed by atoms with Crippen LogP contribution < -0.4 is 5.32 Å². The molecule has 0 heterocycles. The topological polar surface area (TPSA) is 69.6 Å². The molecule has 1 aromatic carbocycles. The normalized spacial score (nSPS) is 27.4. The summed E-state index contributed by atoms with van der Waals surface area (Å²) >= 11 is 3.25. The lowest BCUT2D eigenvalue weighted by Gasteiger charge is -2.41. The molecule has 0 bridgehead atoms. The molecule has 0 unspecified atom stereocenters. The molecule has 2 rings (SSSR count). The molecule has 1 aromatic rings. The molecule has 92 valence electrons. The Bertz CT molecular complexity index is 451. The average molecular weight is 300 g/mol. The number of aromatic hydroxyl groups is 1. The van der Waals surface area contributed by atoms with Crippen molar-refractivity contribution in [2.45, 2.75) is 31.4 Å². The van der Waals surface area contributed by atoms with Gasteiger partial charge in [-0.25, -0.2) is 0 Å². The third-order valence-corrected chi connectivity index (χ3v) is 3.40. The van der Waals surface area contributed by atoms with E-state index >= 15 is 0 Å². The van der Waals surface area contributed by atoms with Gasteiger partial charge in [0.15, 0.2) is 0 Å². The molecule has 0 atom stereocenters. The maximum absolute atomic E-state index is 11.9. The van der Waals surface area contributed by atoms with Gasteiger partial charge in [0.25, 0.3) is 5.91 Å². The summed E-state index contributed by atoms with van der Waals surface area (Å²) in [6.07, 6.45) is 1.10. The second-order valence-corrected chi connectivity index (χ2v) is 5.65. The molecule has 0 aromatic heterocycles. The molecule has 0 aliphatic heterocycles. The summed E-state index contributed by atoms with van der Waals surface area (Å²) in [5.74, 6) is -0.360. The number of phenols is 1. The second kappa shape index (κ2) is 4.31. The first-order valence-corrected chi connectivity index (χ1v) is 6.18. The van der Waals surface area contributed by atoms with E-state index in [2.05, 4.69) is 21.2 Å². The molecule has 0 saturated heterocycles. The van der Waals surface area contributed by atoms with E-state index in [0.717, 1.165) is 4.47 Å². The molecular weight excluding hydrogens is 286 g/mol. The van der Waals surface area contributed by atoms with Crippen molar-refractivity contribution in [3.63, 3.8) is 0 Å². The van der Waals surface area contributed by atoms with Crippen LogP contribution in [0.3, 0.4) is 0 Å². The minimum Gasteiger partial charge on any atom is -0.507 e. The SMILES string of the molecule is CC1(O)CC(NC(=O)c2cc(Br)ccc2O)C1. The summed E-state index contributed by atoms with van der Waals surface area (Å²) < 4.78 is 0.737. The quantitative estimate of drug-likeness (QED) is 0.780. The fraction of sp³-hybridized carbons (Fsp3) is 0.417. The minimum atomic E-state index is -0.669. The van der Waals surface area contributed by atoms with Gasteiger partial charge in [-0.3, -0.25) is 4.79 Å². The zero-order valence-corrected chi connectivity index (χ0v) is 11.0. The highest BCUT2D eigenvalue weighted by Gasteiger charge is 2.39. The Balaban J connectivity index is 2.03. The monoisotopic (exact) mass is 299 g/mol. The highest BCUT2D eigenvalue weighted by atomic mass is 79.9. The summed E-state index contributed by atoms with van der Waals surface area (Å²) in [4.78, 5) is 11.9. The fourth-order valence-electron chi connectivity index (χ4n) is 2.06. The number of carbonyl (C=O) groups excluding carboxylic acids is 1. The lowest BCUT2D eigenvalue weighted by Crippen LogP contribution is -2.53. The Morgan fingerprint density at radius 2 is 2.18 bits per heavy atom. The van der Waals surface area contributed by atoms with Crippen molar-refractivity contribution in [2.75, 3.05) is 0 Å². The maximum atomic E-state index is 11.9. The summed E-state index contributed by atoms with van der Waals surface area (Å²) in [6.45, 7) is 1.74. The van der Waals surface area contributed by atoms with Gasteiger partial charge in [-0.2, -0.15) is 0 Å². The number of halogens is 1. The van der Waals surface area contributed by atoms with Gasteiger partial charge >= 0.3 is 0 Å². The first kappa shape index (κ1) is 12.4. The molecule has 1 aliphatic carbocycles. The standard InChI is InChI=1S/C12H14BrNO3/c1-12(17)5-8(6-12)14-11(16)9-4-7(13)2-3-10(9)15/h2-4,8,15,17H,5-6H2,1H3,(H,14,16). The molecule has 0 radical (unpaired) electrons. The fourth-order valence-corrected chi connectivity index (χ4v) is 2.42. The zero-order chi connectivity index (χ0) is 12.6. The van der Waals surface area contributed by atoms with Crippen LogP contribution in [0.4, 0.5) is 0 Å². The van der Waals surface area contributed by atoms with Gasteiger partial charge in [0.05, 0.1) is 11.2 Å². The molecule has 1 aliphatic rings. The number of phenolic OH excluding ortho intramolecular Hbond substituents is 1. The number of aliphatic hydroxyl groups is 1. The highest BCUT2D eigenvalue weighted by Crippen LogP contribution is 2.32. The van der Waals surface area contributed by atoms with E-state index in [1.807, 2.05) is 0 Å². The van der Waals surface area contributed by atoms with E-state index in [-0.39, 0.29) is 23.3 Å². The number of carbonyl (C=O) groups is 1. The third kappa shape index (κ3) is 2.79. The Hall–Kier alpha value is -1.07. The predicted octanol–water partition coefficient (Wildman–Crippen LogP) is 1.80. The van der Waals surface area contributed by atoms with Gasteiger partial charge in [-0.15, -0.1) is 0 Å². The van der Waals surface area contributed by atoms with Gasteiger partial charge in [0, 0.05) is 10.5 Å². The average Bonchev–Trinajstić information content (AvgIpc) is 2.19. The predicted molar refractivity (Wildman–Crippen MR) is 66.9 cm³/mol. The smallest absolute Gasteiger partial charge is 0.255 e. The van der Waals surface area contributed by atoms with Crippen molar-refractivity contribution in [1.29, 1.82) is 0 Å². The number of amides is 1. The van der Waals surface area contributed by atoms with Crippen LogP contribution >= 0.6 is 15.9 Å². The highest BCUT2D eigenvalue weighted by molar-refractivity contribution is 9.10. The van der Waals surface area contributed by atoms with Crippen molar-refractivity contribution >= 4 is 21.8 Å². The molecule has 1 amide bonds. The van der Waals surface area contributed by atoms with E-state index in [1.54, 1.807) is 19.1 Å². The van der Waals surface area contributed by atoms with Crippen LogP contribution in [-0.2, 0) is 0 Å². The van der Waals surface area contributed by atoms with Crippen molar-refractivity contribution < 1.29 is 15.0 Å². The van der Waals surface area contributed by atoms with Crippen molar-refractivity contribution in [3.05, 3.63) is 28.2 Å². The van der Waals surface area contributed by atoms with Crippen LogP contribution in [0.2, 0.25) is 0 Å². The first-order valence-electron chi connectivity index (χ1n) is 5.39. The molecule has 1 fully saturated rings. The number of nitrogens with one attached hydrogen (secondary N) is 1. The van der Waals surface area contributed by atoms with E-state index in [0.29, 0.717) is 12.8 Å². The van der Waals surface area contributed by atoms with Crippen LogP contribution in [0.1, 0.15) is 30.1 Å². The molecule has 5 heteroatoms. The molecule has 0 spiro atoms. The van der Waals surface area contributed by atoms with Crippen LogP contribution in [-0.4, -0.2) is 27.8 Å². The van der Waals surface area contributed by atoms with Gasteiger partial charge in [-0.05, 0) is 38.0 Å². The van der Waals surface area contributed by atoms with Crippen molar-refractivity contribution in [2.24, 2.45) is 0 Å².